The number of thiazole rings is 1. The van der Waals surface area contributed by atoms with Gasteiger partial charge in [-0.05, 0) is 36.8 Å². The summed E-state index contributed by atoms with van der Waals surface area (Å²) in [4.78, 5) is 21.6. The zero-order chi connectivity index (χ0) is 18.3. The minimum atomic E-state index is -0.206. The molecule has 0 spiro atoms. The fourth-order valence-corrected chi connectivity index (χ4v) is 4.02. The van der Waals surface area contributed by atoms with Gasteiger partial charge in [0, 0.05) is 10.7 Å². The molecule has 0 aliphatic rings. The molecule has 2 aromatic carbocycles. The van der Waals surface area contributed by atoms with E-state index in [1.165, 1.54) is 22.2 Å². The number of para-hydroxylation sites is 1. The molecule has 26 heavy (non-hydrogen) atoms. The van der Waals surface area contributed by atoms with Crippen molar-refractivity contribution in [3.8, 4) is 5.69 Å². The first-order valence-corrected chi connectivity index (χ1v) is 9.26. The number of hydrogen-bond acceptors (Lipinski definition) is 5. The lowest BCUT2D eigenvalue weighted by Crippen LogP contribution is -2.19. The van der Waals surface area contributed by atoms with Gasteiger partial charge in [-0.15, -0.1) is 0 Å². The third-order valence-electron chi connectivity index (χ3n) is 3.82. The number of nitrogens with zero attached hydrogens (tertiary/aromatic N) is 3. The van der Waals surface area contributed by atoms with Gasteiger partial charge in [-0.1, -0.05) is 52.7 Å². The van der Waals surface area contributed by atoms with Gasteiger partial charge >= 0.3 is 0 Å². The predicted molar refractivity (Wildman–Crippen MR) is 107 cm³/mol. The van der Waals surface area contributed by atoms with Gasteiger partial charge in [0.25, 0.3) is 5.56 Å². The van der Waals surface area contributed by atoms with Gasteiger partial charge in [-0.3, -0.25) is 9.36 Å². The van der Waals surface area contributed by atoms with Crippen molar-refractivity contribution in [1.29, 1.82) is 0 Å². The zero-order valence-electron chi connectivity index (χ0n) is 13.5. The summed E-state index contributed by atoms with van der Waals surface area (Å²) in [6.45, 7) is 1.90. The van der Waals surface area contributed by atoms with Gasteiger partial charge < -0.3 is 5.32 Å². The van der Waals surface area contributed by atoms with Gasteiger partial charge in [0.05, 0.1) is 10.7 Å². The molecule has 0 amide bonds. The first kappa shape index (κ1) is 17.0. The molecule has 0 atom stereocenters. The van der Waals surface area contributed by atoms with Crippen LogP contribution in [0, 0.1) is 6.92 Å². The van der Waals surface area contributed by atoms with Gasteiger partial charge in [0.1, 0.15) is 11.0 Å². The molecule has 2 aromatic heterocycles. The van der Waals surface area contributed by atoms with E-state index in [9.17, 15) is 4.79 Å². The maximum atomic E-state index is 12.9. The quantitative estimate of drug-likeness (QED) is 0.511. The third-order valence-corrected chi connectivity index (χ3v) is 5.31. The van der Waals surface area contributed by atoms with Crippen LogP contribution in [-0.4, -0.2) is 14.5 Å². The lowest BCUT2D eigenvalue weighted by molar-refractivity contribution is 0.952. The van der Waals surface area contributed by atoms with Gasteiger partial charge in [0.2, 0.25) is 0 Å². The van der Waals surface area contributed by atoms with Crippen LogP contribution in [0.5, 0.6) is 0 Å². The molecule has 0 saturated heterocycles. The summed E-state index contributed by atoms with van der Waals surface area (Å²) < 4.78 is 1.91. The second kappa shape index (κ2) is 6.72. The number of hydrogen-bond donors (Lipinski definition) is 1. The van der Waals surface area contributed by atoms with E-state index in [0.717, 1.165) is 11.3 Å². The van der Waals surface area contributed by atoms with Crippen molar-refractivity contribution >= 4 is 55.7 Å². The average molecular weight is 403 g/mol. The van der Waals surface area contributed by atoms with Crippen molar-refractivity contribution in [1.82, 2.24) is 14.5 Å². The standard InChI is InChI=1S/C18H12Cl2N4OS/c1-10-4-2-7-13(20)14(10)24-9-21-16-15(17(24)25)26-18(23-16)22-12-6-3-5-11(19)8-12/h2-9H,1H3,(H,22,23). The summed E-state index contributed by atoms with van der Waals surface area (Å²) in [6, 6.07) is 12.8. The predicted octanol–water partition coefficient (Wildman–Crippen LogP) is 5.20. The smallest absolute Gasteiger partial charge is 0.277 e. The van der Waals surface area contributed by atoms with E-state index in [0.29, 0.717) is 31.2 Å². The highest BCUT2D eigenvalue weighted by molar-refractivity contribution is 7.22. The van der Waals surface area contributed by atoms with Crippen LogP contribution in [0.25, 0.3) is 16.0 Å². The monoisotopic (exact) mass is 402 g/mol. The van der Waals surface area contributed by atoms with Crippen LogP contribution < -0.4 is 10.9 Å². The van der Waals surface area contributed by atoms with E-state index in [4.69, 9.17) is 23.2 Å². The molecule has 0 bridgehead atoms. The lowest BCUT2D eigenvalue weighted by atomic mass is 10.2. The number of rotatable bonds is 3. The van der Waals surface area contributed by atoms with Crippen LogP contribution in [0.3, 0.4) is 0 Å². The molecule has 4 rings (SSSR count). The molecule has 1 N–H and O–H groups in total. The summed E-state index contributed by atoms with van der Waals surface area (Å²) in [6.07, 6.45) is 1.46. The SMILES string of the molecule is Cc1cccc(Cl)c1-n1cnc2nc(Nc3cccc(Cl)c3)sc2c1=O. The Kier molecular flexibility index (Phi) is 4.40. The Bertz CT molecular complexity index is 1170. The lowest BCUT2D eigenvalue weighted by Gasteiger charge is -2.10. The maximum Gasteiger partial charge on any atom is 0.277 e. The number of anilines is 2. The number of nitrogens with one attached hydrogen (secondary N) is 1. The first-order valence-electron chi connectivity index (χ1n) is 7.69. The Morgan fingerprint density at radius 3 is 2.73 bits per heavy atom. The Balaban J connectivity index is 1.80. The molecule has 0 saturated carbocycles. The highest BCUT2D eigenvalue weighted by Gasteiger charge is 2.15. The molecular formula is C18H12Cl2N4OS. The Morgan fingerprint density at radius 1 is 1.15 bits per heavy atom. The average Bonchev–Trinajstić information content (AvgIpc) is 3.00. The number of fused-ring (bicyclic) bond motifs is 1. The first-order chi connectivity index (χ1) is 12.5. The molecule has 0 fully saturated rings. The van der Waals surface area contributed by atoms with Gasteiger partial charge in [-0.2, -0.15) is 4.98 Å². The van der Waals surface area contributed by atoms with E-state index in [-0.39, 0.29) is 5.56 Å². The summed E-state index contributed by atoms with van der Waals surface area (Å²) in [5.41, 5.74) is 2.50. The Labute approximate surface area is 162 Å². The summed E-state index contributed by atoms with van der Waals surface area (Å²) in [5.74, 6) is 0. The largest absolute Gasteiger partial charge is 0.331 e. The van der Waals surface area contributed by atoms with E-state index >= 15 is 0 Å². The van der Waals surface area contributed by atoms with Crippen molar-refractivity contribution in [2.24, 2.45) is 0 Å². The zero-order valence-corrected chi connectivity index (χ0v) is 15.9. The van der Waals surface area contributed by atoms with E-state index < -0.39 is 0 Å². The minimum Gasteiger partial charge on any atom is -0.331 e. The summed E-state index contributed by atoms with van der Waals surface area (Å²) in [7, 11) is 0. The highest BCUT2D eigenvalue weighted by atomic mass is 35.5. The summed E-state index contributed by atoms with van der Waals surface area (Å²) >= 11 is 13.5. The van der Waals surface area contributed by atoms with Crippen LogP contribution in [0.4, 0.5) is 10.8 Å². The van der Waals surface area contributed by atoms with Crippen molar-refractivity contribution in [2.75, 3.05) is 5.32 Å². The molecule has 130 valence electrons. The molecule has 5 nitrogen and oxygen atoms in total. The molecule has 0 unspecified atom stereocenters. The second-order valence-electron chi connectivity index (χ2n) is 5.63. The minimum absolute atomic E-state index is 0.206. The fourth-order valence-electron chi connectivity index (χ4n) is 2.64. The number of aryl methyl sites for hydroxylation is 1. The van der Waals surface area contributed by atoms with Crippen LogP contribution >= 0.6 is 34.5 Å². The normalized spacial score (nSPS) is 11.0. The fraction of sp³-hybridized carbons (Fsp3) is 0.0556. The van der Waals surface area contributed by atoms with Crippen molar-refractivity contribution < 1.29 is 0 Å². The van der Waals surface area contributed by atoms with Crippen molar-refractivity contribution in [3.63, 3.8) is 0 Å². The molecular weight excluding hydrogens is 391 g/mol. The Morgan fingerprint density at radius 2 is 1.96 bits per heavy atom. The Hall–Kier alpha value is -2.41. The molecule has 0 radical (unpaired) electrons. The van der Waals surface area contributed by atoms with Crippen LogP contribution in [-0.2, 0) is 0 Å². The molecule has 8 heteroatoms. The molecule has 0 aliphatic carbocycles. The number of halogens is 2. The van der Waals surface area contributed by atoms with Crippen LogP contribution in [0.15, 0.2) is 53.6 Å². The maximum absolute atomic E-state index is 12.9. The third kappa shape index (κ3) is 3.07. The van der Waals surface area contributed by atoms with Gasteiger partial charge in [-0.25, -0.2) is 4.98 Å². The van der Waals surface area contributed by atoms with E-state index in [1.54, 1.807) is 18.2 Å². The van der Waals surface area contributed by atoms with Crippen molar-refractivity contribution in [2.45, 2.75) is 6.92 Å². The highest BCUT2D eigenvalue weighted by Crippen LogP contribution is 2.28. The van der Waals surface area contributed by atoms with E-state index in [1.807, 2.05) is 31.2 Å². The van der Waals surface area contributed by atoms with Crippen molar-refractivity contribution in [3.05, 3.63) is 74.8 Å². The number of benzene rings is 2. The molecule has 4 aromatic rings. The number of aromatic nitrogens is 3. The summed E-state index contributed by atoms with van der Waals surface area (Å²) in [5, 5.41) is 4.83. The van der Waals surface area contributed by atoms with Crippen LogP contribution in [0.1, 0.15) is 5.56 Å². The molecule has 0 aliphatic heterocycles. The topological polar surface area (TPSA) is 59.8 Å². The van der Waals surface area contributed by atoms with Gasteiger partial charge in [0.15, 0.2) is 10.8 Å². The molecule has 2 heterocycles. The van der Waals surface area contributed by atoms with Crippen LogP contribution in [0.2, 0.25) is 10.0 Å². The second-order valence-corrected chi connectivity index (χ2v) is 7.47. The van der Waals surface area contributed by atoms with E-state index in [2.05, 4.69) is 15.3 Å².